The first-order chi connectivity index (χ1) is 10.7. The zero-order valence-corrected chi connectivity index (χ0v) is 13.0. The monoisotopic (exact) mass is 318 g/mol. The first kappa shape index (κ1) is 15.1. The minimum Gasteiger partial charge on any atom is -0.355 e. The van der Waals surface area contributed by atoms with Gasteiger partial charge in [0.25, 0.3) is 0 Å². The van der Waals surface area contributed by atoms with Gasteiger partial charge in [0.05, 0.1) is 17.9 Å². The van der Waals surface area contributed by atoms with Gasteiger partial charge in [0.15, 0.2) is 0 Å². The van der Waals surface area contributed by atoms with Crippen molar-refractivity contribution in [1.29, 1.82) is 0 Å². The second-order valence-electron chi connectivity index (χ2n) is 5.49. The molecule has 2 heterocycles. The van der Waals surface area contributed by atoms with Gasteiger partial charge in [0.2, 0.25) is 5.91 Å². The molecular weight excluding hydrogens is 300 g/mol. The van der Waals surface area contributed by atoms with Crippen molar-refractivity contribution in [3.8, 4) is 5.69 Å². The minimum absolute atomic E-state index is 0.0996. The molecule has 0 aliphatic carbocycles. The molecule has 0 unspecified atom stereocenters. The van der Waals surface area contributed by atoms with E-state index in [-0.39, 0.29) is 11.9 Å². The lowest BCUT2D eigenvalue weighted by Crippen LogP contribution is -2.42. The maximum Gasteiger partial charge on any atom is 0.237 e. The number of hydrogen-bond acceptors (Lipinski definition) is 3. The standard InChI is InChI=1S/C16H19ClN4O/c17-13-4-6-14(7-5-13)21-11-12(10-20-21)9-19-15-3-1-2-8-18-16(15)22/h4-7,10-11,15,19H,1-3,8-9H2,(H,18,22)/t15-/m1/s1. The van der Waals surface area contributed by atoms with Crippen molar-refractivity contribution in [2.24, 2.45) is 0 Å². The third-order valence-corrected chi connectivity index (χ3v) is 4.07. The maximum atomic E-state index is 11.9. The molecule has 1 amide bonds. The van der Waals surface area contributed by atoms with E-state index in [0.717, 1.165) is 37.1 Å². The summed E-state index contributed by atoms with van der Waals surface area (Å²) in [7, 11) is 0. The lowest BCUT2D eigenvalue weighted by Gasteiger charge is -2.14. The molecule has 6 heteroatoms. The summed E-state index contributed by atoms with van der Waals surface area (Å²) >= 11 is 5.89. The molecule has 5 nitrogen and oxygen atoms in total. The van der Waals surface area contributed by atoms with E-state index in [1.165, 1.54) is 0 Å². The van der Waals surface area contributed by atoms with Gasteiger partial charge in [-0.2, -0.15) is 5.10 Å². The molecule has 0 spiro atoms. The first-order valence-corrected chi connectivity index (χ1v) is 7.91. The quantitative estimate of drug-likeness (QED) is 0.909. The van der Waals surface area contributed by atoms with Crippen LogP contribution in [-0.4, -0.2) is 28.3 Å². The zero-order valence-electron chi connectivity index (χ0n) is 12.3. The van der Waals surface area contributed by atoms with Crippen molar-refractivity contribution in [3.05, 3.63) is 47.2 Å². The molecule has 0 bridgehead atoms. The largest absolute Gasteiger partial charge is 0.355 e. The van der Waals surface area contributed by atoms with Crippen LogP contribution in [0.25, 0.3) is 5.69 Å². The van der Waals surface area contributed by atoms with Crippen LogP contribution in [0.5, 0.6) is 0 Å². The normalized spacial score (nSPS) is 18.8. The topological polar surface area (TPSA) is 59.0 Å². The van der Waals surface area contributed by atoms with Gasteiger partial charge in [0.1, 0.15) is 0 Å². The molecule has 2 N–H and O–H groups in total. The predicted molar refractivity (Wildman–Crippen MR) is 86.1 cm³/mol. The van der Waals surface area contributed by atoms with Crippen LogP contribution in [0.3, 0.4) is 0 Å². The number of nitrogens with one attached hydrogen (secondary N) is 2. The average Bonchev–Trinajstić information content (AvgIpc) is 2.90. The number of nitrogens with zero attached hydrogens (tertiary/aromatic N) is 2. The molecule has 3 rings (SSSR count). The maximum absolute atomic E-state index is 11.9. The number of carbonyl (C=O) groups is 1. The van der Waals surface area contributed by atoms with Gasteiger partial charge in [-0.05, 0) is 43.5 Å². The fraction of sp³-hybridized carbons (Fsp3) is 0.375. The molecule has 1 fully saturated rings. The number of rotatable bonds is 4. The molecule has 2 aromatic rings. The Morgan fingerprint density at radius 2 is 2.14 bits per heavy atom. The van der Waals surface area contributed by atoms with Crippen molar-refractivity contribution >= 4 is 17.5 Å². The van der Waals surface area contributed by atoms with Crippen LogP contribution in [0.15, 0.2) is 36.7 Å². The SMILES string of the molecule is O=C1NCCCC[C@H]1NCc1cnn(-c2ccc(Cl)cc2)c1. The molecule has 0 saturated carbocycles. The fourth-order valence-electron chi connectivity index (χ4n) is 2.56. The summed E-state index contributed by atoms with van der Waals surface area (Å²) in [5.74, 6) is 0.0996. The van der Waals surface area contributed by atoms with Gasteiger partial charge in [-0.3, -0.25) is 4.79 Å². The third kappa shape index (κ3) is 3.67. The van der Waals surface area contributed by atoms with Crippen LogP contribution in [0.1, 0.15) is 24.8 Å². The Morgan fingerprint density at radius 3 is 2.95 bits per heavy atom. The van der Waals surface area contributed by atoms with Crippen molar-refractivity contribution < 1.29 is 4.79 Å². The molecule has 22 heavy (non-hydrogen) atoms. The summed E-state index contributed by atoms with van der Waals surface area (Å²) in [4.78, 5) is 11.9. The predicted octanol–water partition coefficient (Wildman–Crippen LogP) is 2.28. The summed E-state index contributed by atoms with van der Waals surface area (Å²) in [6, 6.07) is 7.41. The van der Waals surface area contributed by atoms with Gasteiger partial charge in [-0.1, -0.05) is 11.6 Å². The first-order valence-electron chi connectivity index (χ1n) is 7.53. The molecule has 1 saturated heterocycles. The molecular formula is C16H19ClN4O. The highest BCUT2D eigenvalue weighted by Crippen LogP contribution is 2.13. The van der Waals surface area contributed by atoms with Crippen LogP contribution >= 0.6 is 11.6 Å². The number of aromatic nitrogens is 2. The van der Waals surface area contributed by atoms with Gasteiger partial charge < -0.3 is 10.6 Å². The second kappa shape index (κ2) is 6.94. The van der Waals surface area contributed by atoms with E-state index in [9.17, 15) is 4.79 Å². The molecule has 1 aromatic heterocycles. The van der Waals surface area contributed by atoms with Gasteiger partial charge >= 0.3 is 0 Å². The smallest absolute Gasteiger partial charge is 0.237 e. The van der Waals surface area contributed by atoms with Crippen molar-refractivity contribution in [2.75, 3.05) is 6.54 Å². The van der Waals surface area contributed by atoms with E-state index in [4.69, 9.17) is 11.6 Å². The van der Waals surface area contributed by atoms with E-state index in [0.29, 0.717) is 11.6 Å². The lowest BCUT2D eigenvalue weighted by molar-refractivity contribution is -0.122. The van der Waals surface area contributed by atoms with Crippen LogP contribution in [0.4, 0.5) is 0 Å². The summed E-state index contributed by atoms with van der Waals surface area (Å²) in [5, 5.41) is 11.3. The molecule has 1 aliphatic rings. The third-order valence-electron chi connectivity index (χ3n) is 3.82. The zero-order chi connectivity index (χ0) is 15.4. The van der Waals surface area contributed by atoms with E-state index >= 15 is 0 Å². The van der Waals surface area contributed by atoms with Crippen molar-refractivity contribution in [2.45, 2.75) is 31.8 Å². The van der Waals surface area contributed by atoms with E-state index in [1.807, 2.05) is 36.7 Å². The Labute approximate surface area is 134 Å². The van der Waals surface area contributed by atoms with Crippen LogP contribution < -0.4 is 10.6 Å². The van der Waals surface area contributed by atoms with Gasteiger partial charge in [-0.25, -0.2) is 4.68 Å². The molecule has 1 aromatic carbocycles. The summed E-state index contributed by atoms with van der Waals surface area (Å²) < 4.78 is 1.81. The molecule has 1 aliphatic heterocycles. The number of halogens is 1. The lowest BCUT2D eigenvalue weighted by atomic mass is 10.1. The Kier molecular flexibility index (Phi) is 4.75. The summed E-state index contributed by atoms with van der Waals surface area (Å²) in [6.07, 6.45) is 6.79. The highest BCUT2D eigenvalue weighted by Gasteiger charge is 2.19. The minimum atomic E-state index is -0.110. The van der Waals surface area contributed by atoms with Crippen LogP contribution in [0.2, 0.25) is 5.02 Å². The van der Waals surface area contributed by atoms with Crippen molar-refractivity contribution in [3.63, 3.8) is 0 Å². The highest BCUT2D eigenvalue weighted by atomic mass is 35.5. The van der Waals surface area contributed by atoms with Crippen molar-refractivity contribution in [1.82, 2.24) is 20.4 Å². The number of amides is 1. The Balaban J connectivity index is 1.62. The van der Waals surface area contributed by atoms with Crippen LogP contribution in [-0.2, 0) is 11.3 Å². The summed E-state index contributed by atoms with van der Waals surface area (Å²) in [5.41, 5.74) is 2.01. The fourth-order valence-corrected chi connectivity index (χ4v) is 2.69. The van der Waals surface area contributed by atoms with E-state index in [1.54, 1.807) is 4.68 Å². The Morgan fingerprint density at radius 1 is 1.32 bits per heavy atom. The molecule has 116 valence electrons. The number of hydrogen-bond donors (Lipinski definition) is 2. The highest BCUT2D eigenvalue weighted by molar-refractivity contribution is 6.30. The Hall–Kier alpha value is -1.85. The van der Waals surface area contributed by atoms with Gasteiger partial charge in [0, 0.05) is 29.9 Å². The van der Waals surface area contributed by atoms with E-state index < -0.39 is 0 Å². The molecule has 1 atom stereocenters. The number of carbonyl (C=O) groups excluding carboxylic acids is 1. The van der Waals surface area contributed by atoms with Crippen LogP contribution in [0, 0.1) is 0 Å². The Bertz CT molecular complexity index is 638. The summed E-state index contributed by atoms with van der Waals surface area (Å²) in [6.45, 7) is 1.41. The van der Waals surface area contributed by atoms with E-state index in [2.05, 4.69) is 15.7 Å². The molecule has 0 radical (unpaired) electrons. The number of benzene rings is 1. The average molecular weight is 319 g/mol. The van der Waals surface area contributed by atoms with Gasteiger partial charge in [-0.15, -0.1) is 0 Å². The second-order valence-corrected chi connectivity index (χ2v) is 5.93.